The Morgan fingerprint density at radius 2 is 1.57 bits per heavy atom. The smallest absolute Gasteiger partial charge is 0.431 e. The Morgan fingerprint density at radius 1 is 0.942 bits per heavy atom. The van der Waals surface area contributed by atoms with Crippen molar-refractivity contribution in [1.82, 2.24) is 29.4 Å². The molecule has 0 spiro atoms. The zero-order chi connectivity index (χ0) is 65.6. The Balaban J connectivity index is 0.000000379. The van der Waals surface area contributed by atoms with Gasteiger partial charge in [0.05, 0.1) is 65.3 Å². The first-order valence-electron chi connectivity index (χ1n) is 26.0. The summed E-state index contributed by atoms with van der Waals surface area (Å²) in [6.45, 7) is 20.5. The van der Waals surface area contributed by atoms with Crippen LogP contribution in [0, 0.1) is 6.92 Å². The molecule has 2 amide bonds. The van der Waals surface area contributed by atoms with Crippen LogP contribution in [0.4, 0.5) is 36.4 Å². The lowest BCUT2D eigenvalue weighted by atomic mass is 10.0. The van der Waals surface area contributed by atoms with Crippen molar-refractivity contribution in [3.63, 3.8) is 0 Å². The number of aromatic nitrogens is 5. The highest BCUT2D eigenvalue weighted by Gasteiger charge is 2.36. The van der Waals surface area contributed by atoms with E-state index in [0.29, 0.717) is 46.1 Å². The molecule has 0 saturated heterocycles. The van der Waals surface area contributed by atoms with E-state index in [0.717, 1.165) is 48.6 Å². The number of nitrogens with one attached hydrogen (secondary N) is 3. The summed E-state index contributed by atoms with van der Waals surface area (Å²) in [7, 11) is -1.57. The number of alkyl halides is 6. The molecule has 1 aliphatic heterocycles. The SMILES string of the molecule is CC(C)OC(=O)c1cc(-n2c(=O)cc(C(F)(F)F)n(C)c2=O)ccc1Cl.CC1COc2ccccc2N1C(=O)C(Cl)Cl.CCNc1nc(Cl)nc(NC(C)(C)C)n1.CCc1cccc(C)c1N(C(=O)CCl)C(C)COC.O=C(O)CNCP(=O)(O)O. The van der Waals surface area contributed by atoms with Crippen LogP contribution >= 0.6 is 65.6 Å². The summed E-state index contributed by atoms with van der Waals surface area (Å²) in [6.07, 6.45) is -5.02. The Hall–Kier alpha value is -6.06. The molecule has 32 heteroatoms. The molecular weight excluding hydrogens is 1260 g/mol. The first-order chi connectivity index (χ1) is 39.9. The average molecular weight is 1330 g/mol. The number of aryl methyl sites for hydroxylation is 2. The minimum Gasteiger partial charge on any atom is -0.489 e. The topological polar surface area (TPSA) is 299 Å². The predicted octanol–water partition coefficient (Wildman–Crippen LogP) is 9.50. The number of methoxy groups -OCH3 is 1. The Bertz CT molecular complexity index is 3260. The van der Waals surface area contributed by atoms with Crippen LogP contribution < -0.4 is 41.7 Å². The van der Waals surface area contributed by atoms with Gasteiger partial charge in [-0.2, -0.15) is 28.1 Å². The molecule has 0 bridgehead atoms. The highest BCUT2D eigenvalue weighted by molar-refractivity contribution is 7.51. The van der Waals surface area contributed by atoms with Crippen molar-refractivity contribution >= 4 is 113 Å². The van der Waals surface area contributed by atoms with Gasteiger partial charge in [-0.3, -0.25) is 33.6 Å². The number of carbonyl (C=O) groups excluding carboxylic acids is 3. The number of halogens is 8. The molecule has 1 aliphatic rings. The fraction of sp³-hybridized carbons (Fsp3) is 0.463. The first kappa shape index (κ1) is 76.0. The molecule has 476 valence electrons. The number of carboxylic acids is 1. The highest BCUT2D eigenvalue weighted by Crippen LogP contribution is 2.35. The van der Waals surface area contributed by atoms with E-state index >= 15 is 0 Å². The summed E-state index contributed by atoms with van der Waals surface area (Å²) < 4.78 is 65.3. The Morgan fingerprint density at radius 3 is 2.10 bits per heavy atom. The van der Waals surface area contributed by atoms with Gasteiger partial charge in [-0.05, 0) is 122 Å². The monoisotopic (exact) mass is 1330 g/mol. The quantitative estimate of drug-likeness (QED) is 0.0287. The van der Waals surface area contributed by atoms with E-state index in [-0.39, 0.29) is 56.9 Å². The maximum atomic E-state index is 12.9. The second-order valence-corrected chi connectivity index (χ2v) is 23.5. The molecule has 3 heterocycles. The van der Waals surface area contributed by atoms with E-state index in [1.165, 1.54) is 12.1 Å². The van der Waals surface area contributed by atoms with E-state index in [2.05, 4.69) is 43.9 Å². The van der Waals surface area contributed by atoms with Crippen molar-refractivity contribution in [2.75, 3.05) is 66.0 Å². The highest BCUT2D eigenvalue weighted by atomic mass is 35.5. The van der Waals surface area contributed by atoms with Crippen LogP contribution in [0.5, 0.6) is 5.75 Å². The van der Waals surface area contributed by atoms with Gasteiger partial charge in [-0.25, -0.2) is 14.2 Å². The van der Waals surface area contributed by atoms with Crippen molar-refractivity contribution in [3.05, 3.63) is 120 Å². The van der Waals surface area contributed by atoms with Gasteiger partial charge >= 0.3 is 31.4 Å². The lowest BCUT2D eigenvalue weighted by Gasteiger charge is -2.35. The summed E-state index contributed by atoms with van der Waals surface area (Å²) >= 11 is 28.7. The van der Waals surface area contributed by atoms with E-state index in [9.17, 15) is 46.5 Å². The van der Waals surface area contributed by atoms with Gasteiger partial charge < -0.3 is 49.5 Å². The number of amides is 2. The third-order valence-electron chi connectivity index (χ3n) is 11.0. The average Bonchev–Trinajstić information content (AvgIpc) is 1.01. The van der Waals surface area contributed by atoms with Crippen molar-refractivity contribution < 1.29 is 66.0 Å². The lowest BCUT2D eigenvalue weighted by molar-refractivity contribution is -0.144. The molecule has 2 aromatic heterocycles. The number of hydrogen-bond donors (Lipinski definition) is 6. The van der Waals surface area contributed by atoms with Crippen LogP contribution in [-0.2, 0) is 48.1 Å². The van der Waals surface area contributed by atoms with Gasteiger partial charge in [0.2, 0.25) is 23.1 Å². The second kappa shape index (κ2) is 35.1. The Kier molecular flexibility index (Phi) is 31.0. The zero-order valence-corrected chi connectivity index (χ0v) is 53.8. The minimum absolute atomic E-state index is 0.0104. The molecule has 86 heavy (non-hydrogen) atoms. The minimum atomic E-state index is -4.86. The van der Waals surface area contributed by atoms with Gasteiger partial charge in [0, 0.05) is 32.3 Å². The summed E-state index contributed by atoms with van der Waals surface area (Å²) in [4.78, 5) is 101. The number of para-hydroxylation sites is 3. The molecule has 6 N–H and O–H groups in total. The number of esters is 1. The van der Waals surface area contributed by atoms with Gasteiger partial charge in [0.15, 0.2) is 4.84 Å². The fourth-order valence-corrected chi connectivity index (χ4v) is 8.67. The fourth-order valence-electron chi connectivity index (χ4n) is 7.57. The van der Waals surface area contributed by atoms with E-state index in [4.69, 9.17) is 87.1 Å². The van der Waals surface area contributed by atoms with E-state index < -0.39 is 66.4 Å². The van der Waals surface area contributed by atoms with Crippen LogP contribution in [0.25, 0.3) is 5.69 Å². The number of carbonyl (C=O) groups is 4. The molecule has 6 rings (SSSR count). The number of anilines is 4. The van der Waals surface area contributed by atoms with Gasteiger partial charge in [-0.1, -0.05) is 72.1 Å². The number of fused-ring (bicyclic) bond motifs is 1. The van der Waals surface area contributed by atoms with Crippen molar-refractivity contribution in [3.8, 4) is 11.4 Å². The van der Waals surface area contributed by atoms with Crippen LogP contribution in [-0.4, -0.2) is 137 Å². The van der Waals surface area contributed by atoms with E-state index in [1.807, 2.05) is 84.9 Å². The molecule has 0 radical (unpaired) electrons. The molecule has 0 aliphatic carbocycles. The molecular formula is C54H71Cl5F3N10O13P. The summed E-state index contributed by atoms with van der Waals surface area (Å²) in [5.74, 6) is -0.699. The number of benzene rings is 3. The normalized spacial score (nSPS) is 13.1. The summed E-state index contributed by atoms with van der Waals surface area (Å²) in [5, 5.41) is 16.4. The van der Waals surface area contributed by atoms with Crippen LogP contribution in [0.2, 0.25) is 10.3 Å². The lowest BCUT2D eigenvalue weighted by Crippen LogP contribution is -2.47. The third-order valence-corrected chi connectivity index (χ3v) is 12.8. The molecule has 2 unspecified atom stereocenters. The third kappa shape index (κ3) is 24.6. The number of rotatable bonds is 17. The van der Waals surface area contributed by atoms with Gasteiger partial charge in [0.25, 0.3) is 11.5 Å². The zero-order valence-electron chi connectivity index (χ0n) is 49.1. The summed E-state index contributed by atoms with van der Waals surface area (Å²) in [5.41, 5.74) is -0.178. The van der Waals surface area contributed by atoms with Crippen molar-refractivity contribution in [1.29, 1.82) is 0 Å². The van der Waals surface area contributed by atoms with Crippen molar-refractivity contribution in [2.45, 2.75) is 110 Å². The number of hydrogen-bond acceptors (Lipinski definition) is 16. The molecule has 23 nitrogen and oxygen atoms in total. The van der Waals surface area contributed by atoms with Crippen LogP contribution in [0.3, 0.4) is 0 Å². The maximum Gasteiger partial charge on any atom is 0.431 e. The van der Waals surface area contributed by atoms with E-state index in [1.54, 1.807) is 30.8 Å². The second-order valence-electron chi connectivity index (χ2n) is 19.7. The largest absolute Gasteiger partial charge is 0.489 e. The molecule has 2 atom stereocenters. The molecule has 0 saturated carbocycles. The van der Waals surface area contributed by atoms with Crippen LogP contribution in [0.1, 0.15) is 89.5 Å². The number of ether oxygens (including phenoxy) is 3. The number of carboxylic acid groups (broad SMARTS) is 1. The standard InChI is InChI=1S/C16H14ClF3N2O4.C15H22ClNO2.C11H11Cl2NO2.C9H16ClN5.C3H8NO5P/c1-8(2)26-14(24)10-6-9(4-5-11(10)17)22-13(23)7-12(16(18,19)20)21(3)15(22)25;1-5-13-8-6-7-11(2)15(13)17(14(18)9-16)12(3)10-19-4;1-7-6-16-9-5-3-2-4-8(9)14(7)11(15)10(12)13;1-5-11-7-12-6(10)13-8(14-7)15-9(2,3)4;5-3(6)1-4-2-10(7,8)9/h4-8H,1-3H3;6-8,12H,5,9-10H2,1-4H3;2-5,7,10H,6H2,1H3;5H2,1-4H3,(H2,11,12,13,14,15);4H,1-2H2,(H,5,6)(H2,7,8,9). The molecule has 5 aromatic rings. The van der Waals surface area contributed by atoms with Crippen molar-refractivity contribution in [2.24, 2.45) is 7.05 Å². The van der Waals surface area contributed by atoms with Gasteiger partial charge in [-0.15, -0.1) is 11.6 Å². The maximum absolute atomic E-state index is 12.9. The van der Waals surface area contributed by atoms with Crippen LogP contribution in [0.15, 0.2) is 76.3 Å². The predicted molar refractivity (Wildman–Crippen MR) is 327 cm³/mol. The van der Waals surface area contributed by atoms with Gasteiger partial charge in [0.1, 0.15) is 23.9 Å². The molecule has 0 fully saturated rings. The Labute approximate surface area is 520 Å². The first-order valence-corrected chi connectivity index (χ1v) is 30.0. The molecule has 3 aromatic carbocycles. The number of nitrogens with zero attached hydrogens (tertiary/aromatic N) is 7. The summed E-state index contributed by atoms with van der Waals surface area (Å²) in [6, 6.07) is 17.2. The number of aliphatic carboxylic acids is 1.